The van der Waals surface area contributed by atoms with Crippen molar-refractivity contribution < 1.29 is 0 Å². The van der Waals surface area contributed by atoms with Crippen molar-refractivity contribution >= 4 is 5.69 Å². The lowest BCUT2D eigenvalue weighted by Gasteiger charge is -2.15. The summed E-state index contributed by atoms with van der Waals surface area (Å²) in [7, 11) is 4.20. The Kier molecular flexibility index (Phi) is 6.03. The highest BCUT2D eigenvalue weighted by Gasteiger charge is 2.04. The summed E-state index contributed by atoms with van der Waals surface area (Å²) >= 11 is 0. The second-order valence-electron chi connectivity index (χ2n) is 4.91. The molecule has 0 radical (unpaired) electrons. The van der Waals surface area contributed by atoms with Crippen LogP contribution in [-0.4, -0.2) is 19.1 Å². The zero-order valence-corrected chi connectivity index (χ0v) is 11.8. The van der Waals surface area contributed by atoms with E-state index in [4.69, 9.17) is 4.98 Å². The Morgan fingerprint density at radius 3 is 1.76 bits per heavy atom. The predicted molar refractivity (Wildman–Crippen MR) is 75.8 cm³/mol. The molecule has 0 aromatic carbocycles. The highest BCUT2D eigenvalue weighted by Crippen LogP contribution is 2.17. The van der Waals surface area contributed by atoms with Gasteiger partial charge in [0, 0.05) is 31.2 Å². The Hall–Kier alpha value is -1.05. The summed E-state index contributed by atoms with van der Waals surface area (Å²) in [5.74, 6) is 0. The lowest BCUT2D eigenvalue weighted by Crippen LogP contribution is -2.10. The second kappa shape index (κ2) is 7.31. The van der Waals surface area contributed by atoms with Crippen LogP contribution in [0.4, 0.5) is 5.69 Å². The van der Waals surface area contributed by atoms with E-state index in [2.05, 4.69) is 45.0 Å². The van der Waals surface area contributed by atoms with E-state index < -0.39 is 0 Å². The van der Waals surface area contributed by atoms with Crippen LogP contribution in [0.3, 0.4) is 0 Å². The minimum Gasteiger partial charge on any atom is -0.378 e. The van der Waals surface area contributed by atoms with Crippen LogP contribution in [0.2, 0.25) is 0 Å². The molecule has 17 heavy (non-hydrogen) atoms. The van der Waals surface area contributed by atoms with Crippen molar-refractivity contribution in [3.8, 4) is 0 Å². The average Bonchev–Trinajstić information content (AvgIpc) is 2.33. The Balaban J connectivity index is 2.84. The maximum absolute atomic E-state index is 4.76. The minimum atomic E-state index is 1.11. The van der Waals surface area contributed by atoms with Gasteiger partial charge in [0.15, 0.2) is 0 Å². The highest BCUT2D eigenvalue weighted by atomic mass is 15.1. The van der Waals surface area contributed by atoms with Gasteiger partial charge in [0.1, 0.15) is 0 Å². The molecular weight excluding hydrogens is 208 g/mol. The van der Waals surface area contributed by atoms with Gasteiger partial charge in [-0.25, -0.2) is 0 Å². The lowest BCUT2D eigenvalue weighted by atomic mass is 10.1. The van der Waals surface area contributed by atoms with Crippen LogP contribution >= 0.6 is 0 Å². The molecule has 0 aliphatic heterocycles. The quantitative estimate of drug-likeness (QED) is 0.712. The number of rotatable bonds is 7. The van der Waals surface area contributed by atoms with Crippen LogP contribution in [0.25, 0.3) is 0 Å². The molecule has 0 unspecified atom stereocenters. The van der Waals surface area contributed by atoms with Crippen molar-refractivity contribution in [2.24, 2.45) is 0 Å². The molecular formula is C15H26N2. The van der Waals surface area contributed by atoms with E-state index in [0.717, 1.165) is 12.8 Å². The molecule has 0 fully saturated rings. The third-order valence-corrected chi connectivity index (χ3v) is 3.01. The van der Waals surface area contributed by atoms with Crippen molar-refractivity contribution in [1.82, 2.24) is 4.98 Å². The number of hydrogen-bond acceptors (Lipinski definition) is 2. The molecule has 0 N–H and O–H groups in total. The molecule has 0 saturated carbocycles. The number of aromatic nitrogens is 1. The number of hydrogen-bond donors (Lipinski definition) is 0. The normalized spacial score (nSPS) is 10.6. The average molecular weight is 234 g/mol. The zero-order valence-electron chi connectivity index (χ0n) is 11.8. The summed E-state index contributed by atoms with van der Waals surface area (Å²) in [4.78, 5) is 6.94. The molecule has 1 heterocycles. The molecule has 2 nitrogen and oxygen atoms in total. The Morgan fingerprint density at radius 1 is 0.941 bits per heavy atom. The van der Waals surface area contributed by atoms with Crippen molar-refractivity contribution in [3.63, 3.8) is 0 Å². The smallest absolute Gasteiger partial charge is 0.0427 e. The molecule has 0 saturated heterocycles. The SMILES string of the molecule is CCCCc1cc(N(C)C)cc(CCCC)n1. The molecule has 96 valence electrons. The molecule has 2 heteroatoms. The summed E-state index contributed by atoms with van der Waals surface area (Å²) < 4.78 is 0. The minimum absolute atomic E-state index is 1.11. The van der Waals surface area contributed by atoms with Crippen LogP contribution in [0, 0.1) is 0 Å². The molecule has 0 atom stereocenters. The van der Waals surface area contributed by atoms with Crippen molar-refractivity contribution in [2.75, 3.05) is 19.0 Å². The Labute approximate surface area is 106 Å². The molecule has 1 aromatic rings. The Bertz CT molecular complexity index is 305. The number of nitrogens with zero attached hydrogens (tertiary/aromatic N) is 2. The molecule has 0 bridgehead atoms. The van der Waals surface area contributed by atoms with Gasteiger partial charge in [-0.05, 0) is 37.8 Å². The standard InChI is InChI=1S/C15H26N2/c1-5-7-9-13-11-15(17(3)4)12-14(16-13)10-8-6-2/h11-12H,5-10H2,1-4H3. The number of pyridine rings is 1. The van der Waals surface area contributed by atoms with Crippen LogP contribution < -0.4 is 4.90 Å². The van der Waals surface area contributed by atoms with E-state index in [1.54, 1.807) is 0 Å². The number of unbranched alkanes of at least 4 members (excludes halogenated alkanes) is 2. The van der Waals surface area contributed by atoms with E-state index in [1.807, 2.05) is 0 Å². The van der Waals surface area contributed by atoms with Crippen molar-refractivity contribution in [3.05, 3.63) is 23.5 Å². The van der Waals surface area contributed by atoms with E-state index in [-0.39, 0.29) is 0 Å². The summed E-state index contributed by atoms with van der Waals surface area (Å²) in [6.07, 6.45) is 7.15. The van der Waals surface area contributed by atoms with Gasteiger partial charge in [0.25, 0.3) is 0 Å². The van der Waals surface area contributed by atoms with E-state index in [9.17, 15) is 0 Å². The van der Waals surface area contributed by atoms with Crippen molar-refractivity contribution in [2.45, 2.75) is 52.4 Å². The molecule has 0 spiro atoms. The lowest BCUT2D eigenvalue weighted by molar-refractivity contribution is 0.745. The zero-order chi connectivity index (χ0) is 12.7. The molecule has 1 rings (SSSR count). The predicted octanol–water partition coefficient (Wildman–Crippen LogP) is 3.83. The first-order valence-corrected chi connectivity index (χ1v) is 6.84. The first-order chi connectivity index (χ1) is 8.17. The van der Waals surface area contributed by atoms with Crippen molar-refractivity contribution in [1.29, 1.82) is 0 Å². The van der Waals surface area contributed by atoms with Gasteiger partial charge in [0.05, 0.1) is 0 Å². The first-order valence-electron chi connectivity index (χ1n) is 6.84. The molecule has 1 aromatic heterocycles. The summed E-state index contributed by atoms with van der Waals surface area (Å²) in [6, 6.07) is 4.45. The van der Waals surface area contributed by atoms with E-state index >= 15 is 0 Å². The number of anilines is 1. The van der Waals surface area contributed by atoms with Crippen LogP contribution in [-0.2, 0) is 12.8 Å². The fraction of sp³-hybridized carbons (Fsp3) is 0.667. The van der Waals surface area contributed by atoms with Gasteiger partial charge in [-0.2, -0.15) is 0 Å². The maximum Gasteiger partial charge on any atom is 0.0427 e. The van der Waals surface area contributed by atoms with Gasteiger partial charge < -0.3 is 4.90 Å². The van der Waals surface area contributed by atoms with Crippen LogP contribution in [0.15, 0.2) is 12.1 Å². The van der Waals surface area contributed by atoms with Gasteiger partial charge >= 0.3 is 0 Å². The summed E-state index contributed by atoms with van der Waals surface area (Å²) in [6.45, 7) is 4.46. The van der Waals surface area contributed by atoms with Gasteiger partial charge in [0.2, 0.25) is 0 Å². The van der Waals surface area contributed by atoms with Crippen LogP contribution in [0.1, 0.15) is 50.9 Å². The third-order valence-electron chi connectivity index (χ3n) is 3.01. The molecule has 0 aliphatic rings. The van der Waals surface area contributed by atoms with Gasteiger partial charge in [-0.3, -0.25) is 4.98 Å². The van der Waals surface area contributed by atoms with Gasteiger partial charge in [-0.1, -0.05) is 26.7 Å². The topological polar surface area (TPSA) is 16.1 Å². The largest absolute Gasteiger partial charge is 0.378 e. The third kappa shape index (κ3) is 4.76. The maximum atomic E-state index is 4.76. The monoisotopic (exact) mass is 234 g/mol. The number of aryl methyl sites for hydroxylation is 2. The molecule has 0 amide bonds. The first kappa shape index (κ1) is 14.0. The highest BCUT2D eigenvalue weighted by molar-refractivity contribution is 5.47. The van der Waals surface area contributed by atoms with E-state index in [0.29, 0.717) is 0 Å². The second-order valence-corrected chi connectivity index (χ2v) is 4.91. The summed E-state index contributed by atoms with van der Waals surface area (Å²) in [5, 5.41) is 0. The van der Waals surface area contributed by atoms with Gasteiger partial charge in [-0.15, -0.1) is 0 Å². The van der Waals surface area contributed by atoms with Crippen LogP contribution in [0.5, 0.6) is 0 Å². The molecule has 0 aliphatic carbocycles. The Morgan fingerprint density at radius 2 is 1.41 bits per heavy atom. The summed E-state index contributed by atoms with van der Waals surface area (Å²) in [5.41, 5.74) is 3.80. The fourth-order valence-corrected chi connectivity index (χ4v) is 1.86. The fourth-order valence-electron chi connectivity index (χ4n) is 1.86. The van der Waals surface area contributed by atoms with E-state index in [1.165, 1.54) is 42.8 Å².